The number of hydrogen-bond donors (Lipinski definition) is 2. The summed E-state index contributed by atoms with van der Waals surface area (Å²) in [4.78, 5) is 8.37. The van der Waals surface area contributed by atoms with Crippen molar-refractivity contribution in [3.8, 4) is 0 Å². The monoisotopic (exact) mass is 284 g/mol. The summed E-state index contributed by atoms with van der Waals surface area (Å²) >= 11 is 3.50. The van der Waals surface area contributed by atoms with E-state index in [1.807, 2.05) is 7.05 Å². The Morgan fingerprint density at radius 1 is 1.44 bits per heavy atom. The highest BCUT2D eigenvalue weighted by Crippen LogP contribution is 2.34. The molecule has 4 nitrogen and oxygen atoms in total. The van der Waals surface area contributed by atoms with Gasteiger partial charge in [0, 0.05) is 13.1 Å². The van der Waals surface area contributed by atoms with Gasteiger partial charge in [0.05, 0.1) is 0 Å². The van der Waals surface area contributed by atoms with Crippen molar-refractivity contribution < 1.29 is 0 Å². The minimum atomic E-state index is 0.461. The highest BCUT2D eigenvalue weighted by molar-refractivity contribution is 9.10. The third kappa shape index (κ3) is 2.84. The molecule has 0 bridgehead atoms. The van der Waals surface area contributed by atoms with Gasteiger partial charge in [-0.3, -0.25) is 0 Å². The normalized spacial score (nSPS) is 16.9. The van der Waals surface area contributed by atoms with Crippen LogP contribution < -0.4 is 10.6 Å². The minimum absolute atomic E-state index is 0.461. The van der Waals surface area contributed by atoms with Crippen LogP contribution in [0.15, 0.2) is 10.8 Å². The molecule has 1 fully saturated rings. The molecule has 1 aromatic heterocycles. The van der Waals surface area contributed by atoms with Gasteiger partial charge in [0.1, 0.15) is 22.4 Å². The average molecular weight is 285 g/mol. The SMILES string of the molecule is CNc1ncnc(NC(C)CC2CC2)c1Br. The van der Waals surface area contributed by atoms with Crippen molar-refractivity contribution >= 4 is 27.6 Å². The van der Waals surface area contributed by atoms with Gasteiger partial charge in [-0.05, 0) is 35.2 Å². The number of anilines is 2. The molecule has 1 atom stereocenters. The average Bonchev–Trinajstić information content (AvgIpc) is 3.05. The van der Waals surface area contributed by atoms with Gasteiger partial charge in [-0.15, -0.1) is 0 Å². The molecule has 1 saturated carbocycles. The molecule has 1 unspecified atom stereocenters. The van der Waals surface area contributed by atoms with E-state index in [9.17, 15) is 0 Å². The Morgan fingerprint density at radius 2 is 2.12 bits per heavy atom. The largest absolute Gasteiger partial charge is 0.372 e. The summed E-state index contributed by atoms with van der Waals surface area (Å²) in [6.07, 6.45) is 5.57. The molecule has 5 heteroatoms. The first-order valence-electron chi connectivity index (χ1n) is 5.65. The zero-order valence-corrected chi connectivity index (χ0v) is 11.2. The van der Waals surface area contributed by atoms with E-state index < -0.39 is 0 Å². The third-order valence-corrected chi connectivity index (χ3v) is 3.54. The number of halogens is 1. The molecule has 88 valence electrons. The fraction of sp³-hybridized carbons (Fsp3) is 0.636. The summed E-state index contributed by atoms with van der Waals surface area (Å²) in [6, 6.07) is 0.461. The molecule has 2 rings (SSSR count). The first kappa shape index (κ1) is 11.6. The standard InChI is InChI=1S/C11H17BrN4/c1-7(5-8-3-4-8)16-11-9(12)10(13-2)14-6-15-11/h6-8H,3-5H2,1-2H3,(H2,13,14,15,16). The van der Waals surface area contributed by atoms with Crippen LogP contribution in [0.4, 0.5) is 11.6 Å². The maximum Gasteiger partial charge on any atom is 0.146 e. The smallest absolute Gasteiger partial charge is 0.146 e. The predicted molar refractivity (Wildman–Crippen MR) is 69.7 cm³/mol. The third-order valence-electron chi connectivity index (χ3n) is 2.79. The summed E-state index contributed by atoms with van der Waals surface area (Å²) in [5, 5.41) is 6.44. The second-order valence-corrected chi connectivity index (χ2v) is 5.15. The van der Waals surface area contributed by atoms with Crippen molar-refractivity contribution in [3.05, 3.63) is 10.8 Å². The second-order valence-electron chi connectivity index (χ2n) is 4.36. The minimum Gasteiger partial charge on any atom is -0.372 e. The van der Waals surface area contributed by atoms with Crippen LogP contribution in [0.2, 0.25) is 0 Å². The van der Waals surface area contributed by atoms with Gasteiger partial charge in [-0.2, -0.15) is 0 Å². The zero-order valence-electron chi connectivity index (χ0n) is 9.63. The van der Waals surface area contributed by atoms with E-state index in [4.69, 9.17) is 0 Å². The molecule has 1 aromatic rings. The Balaban J connectivity index is 2.01. The van der Waals surface area contributed by atoms with Crippen LogP contribution >= 0.6 is 15.9 Å². The van der Waals surface area contributed by atoms with Crippen LogP contribution in [0.3, 0.4) is 0 Å². The van der Waals surface area contributed by atoms with Crippen LogP contribution in [0.1, 0.15) is 26.2 Å². The first-order valence-corrected chi connectivity index (χ1v) is 6.44. The lowest BCUT2D eigenvalue weighted by Gasteiger charge is -2.15. The molecule has 1 aliphatic carbocycles. The Kier molecular flexibility index (Phi) is 3.63. The molecule has 2 N–H and O–H groups in total. The topological polar surface area (TPSA) is 49.8 Å². The first-order chi connectivity index (χ1) is 7.70. The van der Waals surface area contributed by atoms with Crippen LogP contribution in [0.5, 0.6) is 0 Å². The molecular weight excluding hydrogens is 268 g/mol. The number of hydrogen-bond acceptors (Lipinski definition) is 4. The molecule has 16 heavy (non-hydrogen) atoms. The molecule has 0 aromatic carbocycles. The maximum atomic E-state index is 4.25. The molecule has 0 spiro atoms. The van der Waals surface area contributed by atoms with Gasteiger partial charge in [0.2, 0.25) is 0 Å². The molecule has 1 heterocycles. The van der Waals surface area contributed by atoms with E-state index in [1.54, 1.807) is 6.33 Å². The summed E-state index contributed by atoms with van der Waals surface area (Å²) in [5.41, 5.74) is 0. The van der Waals surface area contributed by atoms with E-state index in [2.05, 4.69) is 43.5 Å². The molecule has 1 aliphatic rings. The van der Waals surface area contributed by atoms with Crippen molar-refractivity contribution in [2.24, 2.45) is 5.92 Å². The summed E-state index contributed by atoms with van der Waals surface area (Å²) < 4.78 is 0.903. The fourth-order valence-electron chi connectivity index (χ4n) is 1.79. The van der Waals surface area contributed by atoms with Gasteiger partial charge in [-0.1, -0.05) is 12.8 Å². The lowest BCUT2D eigenvalue weighted by Crippen LogP contribution is -2.17. The Hall–Kier alpha value is -0.840. The van der Waals surface area contributed by atoms with Crippen LogP contribution in [0.25, 0.3) is 0 Å². The summed E-state index contributed by atoms with van der Waals surface area (Å²) in [7, 11) is 1.85. The molecule has 0 saturated heterocycles. The molecule has 0 aliphatic heterocycles. The van der Waals surface area contributed by atoms with Gasteiger partial charge in [0.25, 0.3) is 0 Å². The summed E-state index contributed by atoms with van der Waals surface area (Å²) in [5.74, 6) is 2.61. The maximum absolute atomic E-state index is 4.25. The highest BCUT2D eigenvalue weighted by atomic mass is 79.9. The Labute approximate surface area is 104 Å². The van der Waals surface area contributed by atoms with Crippen molar-refractivity contribution in [3.63, 3.8) is 0 Å². The number of nitrogens with one attached hydrogen (secondary N) is 2. The van der Waals surface area contributed by atoms with Crippen molar-refractivity contribution in [2.75, 3.05) is 17.7 Å². The number of aromatic nitrogens is 2. The fourth-order valence-corrected chi connectivity index (χ4v) is 2.31. The van der Waals surface area contributed by atoms with Crippen LogP contribution in [-0.4, -0.2) is 23.1 Å². The van der Waals surface area contributed by atoms with Crippen LogP contribution in [-0.2, 0) is 0 Å². The van der Waals surface area contributed by atoms with Crippen molar-refractivity contribution in [2.45, 2.75) is 32.2 Å². The Morgan fingerprint density at radius 3 is 2.75 bits per heavy atom. The van der Waals surface area contributed by atoms with Crippen LogP contribution in [0, 0.1) is 5.92 Å². The highest BCUT2D eigenvalue weighted by Gasteiger charge is 2.24. The van der Waals surface area contributed by atoms with Gasteiger partial charge >= 0.3 is 0 Å². The van der Waals surface area contributed by atoms with Gasteiger partial charge in [0.15, 0.2) is 0 Å². The number of rotatable bonds is 5. The van der Waals surface area contributed by atoms with Crippen molar-refractivity contribution in [1.82, 2.24) is 9.97 Å². The van der Waals surface area contributed by atoms with Crippen molar-refractivity contribution in [1.29, 1.82) is 0 Å². The molecular formula is C11H17BrN4. The van der Waals surface area contributed by atoms with E-state index in [1.165, 1.54) is 19.3 Å². The Bertz CT molecular complexity index is 365. The number of nitrogens with zero attached hydrogens (tertiary/aromatic N) is 2. The zero-order chi connectivity index (χ0) is 11.5. The van der Waals surface area contributed by atoms with E-state index in [-0.39, 0.29) is 0 Å². The predicted octanol–water partition coefficient (Wildman–Crippen LogP) is 2.88. The molecule has 0 radical (unpaired) electrons. The van der Waals surface area contributed by atoms with E-state index in [0.29, 0.717) is 6.04 Å². The summed E-state index contributed by atoms with van der Waals surface area (Å²) in [6.45, 7) is 2.20. The quantitative estimate of drug-likeness (QED) is 0.873. The van der Waals surface area contributed by atoms with E-state index in [0.717, 1.165) is 22.0 Å². The van der Waals surface area contributed by atoms with Gasteiger partial charge < -0.3 is 10.6 Å². The van der Waals surface area contributed by atoms with E-state index >= 15 is 0 Å². The lowest BCUT2D eigenvalue weighted by molar-refractivity contribution is 0.639. The second kappa shape index (κ2) is 4.99. The van der Waals surface area contributed by atoms with Gasteiger partial charge in [-0.25, -0.2) is 9.97 Å². The lowest BCUT2D eigenvalue weighted by atomic mass is 10.1. The molecule has 0 amide bonds.